The number of H-pyrrole nitrogens is 1. The third-order valence-corrected chi connectivity index (χ3v) is 5.64. The van der Waals surface area contributed by atoms with E-state index in [0.717, 1.165) is 39.4 Å². The van der Waals surface area contributed by atoms with E-state index in [1.165, 1.54) is 0 Å². The number of pyridine rings is 2. The number of fused-ring (bicyclic) bond motifs is 1. The Morgan fingerprint density at radius 3 is 2.88 bits per heavy atom. The molecule has 1 N–H and O–H groups in total. The van der Waals surface area contributed by atoms with Gasteiger partial charge in [0.2, 0.25) is 5.88 Å². The first kappa shape index (κ1) is 22.4. The van der Waals surface area contributed by atoms with Crippen LogP contribution in [0.3, 0.4) is 0 Å². The Morgan fingerprint density at radius 2 is 2.12 bits per heavy atom. The molecule has 33 heavy (non-hydrogen) atoms. The number of hydrogen-bond donors (Lipinski definition) is 1. The van der Waals surface area contributed by atoms with Crippen LogP contribution < -0.4 is 4.74 Å². The van der Waals surface area contributed by atoms with Gasteiger partial charge in [-0.2, -0.15) is 10.4 Å². The molecule has 0 radical (unpaired) electrons. The summed E-state index contributed by atoms with van der Waals surface area (Å²) in [6.45, 7) is 2.61. The van der Waals surface area contributed by atoms with E-state index in [4.69, 9.17) is 4.74 Å². The average Bonchev–Trinajstić information content (AvgIpc) is 3.34. The molecular weight excluding hydrogens is 435 g/mol. The minimum absolute atomic E-state index is 0.240. The van der Waals surface area contributed by atoms with E-state index in [-0.39, 0.29) is 11.6 Å². The number of nitrogens with zero attached hydrogens (tertiary/aromatic N) is 5. The van der Waals surface area contributed by atoms with Crippen molar-refractivity contribution in [1.29, 1.82) is 5.26 Å². The SMILES string of the molecule is CCOc1nc(C(=O)N(C)Cc2cnc(CP)c3cn[nH]c23)ccc1-c1cccc(C#N)c1. The van der Waals surface area contributed by atoms with Crippen LogP contribution in [0.1, 0.15) is 34.2 Å². The summed E-state index contributed by atoms with van der Waals surface area (Å²) in [6.07, 6.45) is 4.25. The number of benzene rings is 1. The number of amides is 1. The average molecular weight is 458 g/mol. The van der Waals surface area contributed by atoms with E-state index in [1.54, 1.807) is 48.6 Å². The molecule has 1 amide bonds. The third kappa shape index (κ3) is 4.55. The largest absolute Gasteiger partial charge is 0.478 e. The first-order valence-corrected chi connectivity index (χ1v) is 11.3. The van der Waals surface area contributed by atoms with Gasteiger partial charge in [0, 0.05) is 42.5 Å². The lowest BCUT2D eigenvalue weighted by Crippen LogP contribution is -2.27. The summed E-state index contributed by atoms with van der Waals surface area (Å²) < 4.78 is 5.74. The highest BCUT2D eigenvalue weighted by Crippen LogP contribution is 2.30. The van der Waals surface area contributed by atoms with Gasteiger partial charge in [-0.05, 0) is 36.8 Å². The molecular formula is C24H23N6O2P. The van der Waals surface area contributed by atoms with Crippen LogP contribution in [0.15, 0.2) is 48.8 Å². The lowest BCUT2D eigenvalue weighted by molar-refractivity contribution is 0.0778. The summed E-state index contributed by atoms with van der Waals surface area (Å²) >= 11 is 0. The van der Waals surface area contributed by atoms with Gasteiger partial charge >= 0.3 is 0 Å². The van der Waals surface area contributed by atoms with Crippen LogP contribution in [0.25, 0.3) is 22.0 Å². The maximum absolute atomic E-state index is 13.2. The lowest BCUT2D eigenvalue weighted by atomic mass is 10.0. The van der Waals surface area contributed by atoms with Gasteiger partial charge in [-0.25, -0.2) is 4.98 Å². The van der Waals surface area contributed by atoms with Crippen molar-refractivity contribution in [1.82, 2.24) is 25.1 Å². The minimum atomic E-state index is -0.240. The summed E-state index contributed by atoms with van der Waals surface area (Å²) in [5.41, 5.74) is 5.02. The zero-order valence-corrected chi connectivity index (χ0v) is 19.5. The molecule has 0 saturated carbocycles. The molecule has 0 fully saturated rings. The molecule has 0 bridgehead atoms. The van der Waals surface area contributed by atoms with E-state index < -0.39 is 0 Å². The zero-order chi connectivity index (χ0) is 23.4. The molecule has 3 heterocycles. The van der Waals surface area contributed by atoms with Crippen LogP contribution in [-0.2, 0) is 12.7 Å². The van der Waals surface area contributed by atoms with Crippen LogP contribution in [0, 0.1) is 11.3 Å². The first-order valence-electron chi connectivity index (χ1n) is 10.5. The number of nitrogens with one attached hydrogen (secondary N) is 1. The fourth-order valence-electron chi connectivity index (χ4n) is 3.63. The quantitative estimate of drug-likeness (QED) is 0.421. The van der Waals surface area contributed by atoms with Gasteiger partial charge in [0.25, 0.3) is 5.91 Å². The highest BCUT2D eigenvalue weighted by Gasteiger charge is 2.19. The molecule has 3 aromatic heterocycles. The van der Waals surface area contributed by atoms with Crippen LogP contribution in [0.2, 0.25) is 0 Å². The van der Waals surface area contributed by atoms with E-state index in [2.05, 4.69) is 35.5 Å². The van der Waals surface area contributed by atoms with Crippen molar-refractivity contribution < 1.29 is 9.53 Å². The molecule has 1 atom stereocenters. The number of rotatable bonds is 7. The van der Waals surface area contributed by atoms with E-state index >= 15 is 0 Å². The molecule has 0 aliphatic carbocycles. The highest BCUT2D eigenvalue weighted by atomic mass is 31.0. The Labute approximate surface area is 193 Å². The Kier molecular flexibility index (Phi) is 6.62. The molecule has 0 saturated heterocycles. The topological polar surface area (TPSA) is 108 Å². The molecule has 4 aromatic rings. The normalized spacial score (nSPS) is 10.7. The van der Waals surface area contributed by atoms with Gasteiger partial charge in [-0.1, -0.05) is 12.1 Å². The molecule has 4 rings (SSSR count). The number of ether oxygens (including phenoxy) is 1. The summed E-state index contributed by atoms with van der Waals surface area (Å²) in [4.78, 5) is 23.8. The fourth-order valence-corrected chi connectivity index (χ4v) is 3.95. The molecule has 0 aliphatic rings. The molecule has 9 heteroatoms. The summed E-state index contributed by atoms with van der Waals surface area (Å²) in [5.74, 6) is 0.116. The van der Waals surface area contributed by atoms with Crippen molar-refractivity contribution in [2.45, 2.75) is 19.6 Å². The summed E-state index contributed by atoms with van der Waals surface area (Å²) in [6, 6.07) is 12.8. The van der Waals surface area contributed by atoms with E-state index in [0.29, 0.717) is 24.6 Å². The fraction of sp³-hybridized carbons (Fsp3) is 0.208. The molecule has 166 valence electrons. The maximum Gasteiger partial charge on any atom is 0.272 e. The van der Waals surface area contributed by atoms with Crippen LogP contribution >= 0.6 is 9.24 Å². The van der Waals surface area contributed by atoms with E-state index in [9.17, 15) is 10.1 Å². The van der Waals surface area contributed by atoms with Gasteiger partial charge in [-0.15, -0.1) is 9.24 Å². The van der Waals surface area contributed by atoms with Crippen LogP contribution in [-0.4, -0.2) is 44.6 Å². The Morgan fingerprint density at radius 1 is 1.27 bits per heavy atom. The Balaban J connectivity index is 1.62. The van der Waals surface area contributed by atoms with Crippen molar-refractivity contribution >= 4 is 26.0 Å². The molecule has 1 unspecified atom stereocenters. The lowest BCUT2D eigenvalue weighted by Gasteiger charge is -2.18. The molecule has 1 aromatic carbocycles. The second kappa shape index (κ2) is 9.76. The predicted molar refractivity (Wildman–Crippen MR) is 129 cm³/mol. The zero-order valence-electron chi connectivity index (χ0n) is 18.4. The van der Waals surface area contributed by atoms with Crippen molar-refractivity contribution in [3.8, 4) is 23.1 Å². The van der Waals surface area contributed by atoms with Crippen molar-refractivity contribution in [3.05, 3.63) is 71.3 Å². The van der Waals surface area contributed by atoms with Crippen molar-refractivity contribution in [2.75, 3.05) is 13.7 Å². The molecule has 0 aliphatic heterocycles. The highest BCUT2D eigenvalue weighted by molar-refractivity contribution is 7.15. The second-order valence-electron chi connectivity index (χ2n) is 7.43. The maximum atomic E-state index is 13.2. The van der Waals surface area contributed by atoms with E-state index in [1.807, 2.05) is 19.1 Å². The predicted octanol–water partition coefficient (Wildman–Crippen LogP) is 3.94. The third-order valence-electron chi connectivity index (χ3n) is 5.26. The van der Waals surface area contributed by atoms with Crippen molar-refractivity contribution in [3.63, 3.8) is 0 Å². The Hall–Kier alpha value is -3.82. The number of hydrogen-bond acceptors (Lipinski definition) is 6. The van der Waals surface area contributed by atoms with Gasteiger partial charge in [0.15, 0.2) is 0 Å². The number of nitriles is 1. The number of aromatic amines is 1. The number of aromatic nitrogens is 4. The smallest absolute Gasteiger partial charge is 0.272 e. The van der Waals surface area contributed by atoms with Gasteiger partial charge in [-0.3, -0.25) is 14.9 Å². The summed E-state index contributed by atoms with van der Waals surface area (Å²) in [5, 5.41) is 17.3. The number of carbonyl (C=O) groups excluding carboxylic acids is 1. The van der Waals surface area contributed by atoms with Crippen molar-refractivity contribution in [2.24, 2.45) is 0 Å². The molecule has 8 nitrogen and oxygen atoms in total. The van der Waals surface area contributed by atoms with Crippen LogP contribution in [0.5, 0.6) is 5.88 Å². The van der Waals surface area contributed by atoms with Gasteiger partial charge < -0.3 is 9.64 Å². The van der Waals surface area contributed by atoms with Crippen LogP contribution in [0.4, 0.5) is 0 Å². The summed E-state index contributed by atoms with van der Waals surface area (Å²) in [7, 11) is 4.39. The van der Waals surface area contributed by atoms with Gasteiger partial charge in [0.1, 0.15) is 5.69 Å². The standard InChI is InChI=1S/C24H23N6O2P/c1-3-32-23-18(16-6-4-5-15(9-16)10-25)7-8-20(28-23)24(31)30(2)13-17-11-26-21(14-33)19-12-27-29-22(17)19/h4-9,11-12H,3,13-14,33H2,1-2H3,(H,27,29). The Bertz CT molecular complexity index is 1360. The second-order valence-corrected chi connectivity index (χ2v) is 7.84. The number of carbonyl (C=O) groups is 1. The first-order chi connectivity index (χ1) is 16.0. The minimum Gasteiger partial charge on any atom is -0.478 e. The molecule has 0 spiro atoms. The monoisotopic (exact) mass is 458 g/mol. The van der Waals surface area contributed by atoms with Gasteiger partial charge in [0.05, 0.1) is 35.6 Å².